The third-order valence-corrected chi connectivity index (χ3v) is 4.05. The third-order valence-electron chi connectivity index (χ3n) is 3.04. The van der Waals surface area contributed by atoms with Gasteiger partial charge in [0.2, 0.25) is 0 Å². The summed E-state index contributed by atoms with van der Waals surface area (Å²) in [6.45, 7) is 2.65. The largest absolute Gasteiger partial charge is 0.508 e. The second-order valence-electron chi connectivity index (χ2n) is 4.54. The highest BCUT2D eigenvalue weighted by Gasteiger charge is 2.05. The number of phenolic OH excluding ortho intramolecular Hbond substituents is 1. The summed E-state index contributed by atoms with van der Waals surface area (Å²) in [5.41, 5.74) is 2.47. The average molecular weight is 270 g/mol. The number of hydrogen-bond acceptors (Lipinski definition) is 3. The van der Waals surface area contributed by atoms with E-state index < -0.39 is 0 Å². The summed E-state index contributed by atoms with van der Waals surface area (Å²) in [7, 11) is 0. The Morgan fingerprint density at radius 1 is 1.11 bits per heavy atom. The van der Waals surface area contributed by atoms with Crippen LogP contribution in [0.3, 0.4) is 0 Å². The van der Waals surface area contributed by atoms with Crippen molar-refractivity contribution in [1.82, 2.24) is 0 Å². The Labute approximate surface area is 115 Å². The zero-order valence-corrected chi connectivity index (χ0v) is 11.4. The number of aryl methyl sites for hydroxylation is 1. The lowest BCUT2D eigenvalue weighted by Crippen LogP contribution is -1.94. The van der Waals surface area contributed by atoms with Crippen LogP contribution in [0.4, 0.5) is 0 Å². The predicted molar refractivity (Wildman–Crippen MR) is 79.0 cm³/mol. The Morgan fingerprint density at radius 2 is 1.89 bits per heavy atom. The molecule has 0 unspecified atom stereocenters. The predicted octanol–water partition coefficient (Wildman–Crippen LogP) is 4.49. The van der Waals surface area contributed by atoms with Crippen LogP contribution in [0, 0.1) is 6.92 Å². The van der Waals surface area contributed by atoms with E-state index in [2.05, 4.69) is 30.5 Å². The Kier molecular flexibility index (Phi) is 3.13. The SMILES string of the molecule is Cc1ccc2scc(COc3ccc(O)cc3)c2c1. The number of thiophene rings is 1. The Morgan fingerprint density at radius 3 is 2.68 bits per heavy atom. The van der Waals surface area contributed by atoms with Gasteiger partial charge >= 0.3 is 0 Å². The van der Waals surface area contributed by atoms with Gasteiger partial charge in [0.1, 0.15) is 18.1 Å². The zero-order chi connectivity index (χ0) is 13.2. The molecular formula is C16H14O2S. The number of benzene rings is 2. The summed E-state index contributed by atoms with van der Waals surface area (Å²) in [5.74, 6) is 1.02. The molecule has 3 rings (SSSR count). The fourth-order valence-corrected chi connectivity index (χ4v) is 2.94. The minimum absolute atomic E-state index is 0.254. The first-order valence-electron chi connectivity index (χ1n) is 6.11. The van der Waals surface area contributed by atoms with Gasteiger partial charge in [0.25, 0.3) is 0 Å². The van der Waals surface area contributed by atoms with E-state index in [1.54, 1.807) is 35.6 Å². The first-order chi connectivity index (χ1) is 9.22. The number of aromatic hydroxyl groups is 1. The van der Waals surface area contributed by atoms with Gasteiger partial charge in [-0.05, 0) is 48.0 Å². The molecule has 0 atom stereocenters. The van der Waals surface area contributed by atoms with E-state index in [4.69, 9.17) is 4.74 Å². The number of fused-ring (bicyclic) bond motifs is 1. The summed E-state index contributed by atoms with van der Waals surface area (Å²) in [4.78, 5) is 0. The molecule has 1 heterocycles. The maximum Gasteiger partial charge on any atom is 0.120 e. The van der Waals surface area contributed by atoms with Crippen molar-refractivity contribution in [1.29, 1.82) is 0 Å². The molecule has 1 aromatic heterocycles. The van der Waals surface area contributed by atoms with Gasteiger partial charge in [-0.15, -0.1) is 11.3 Å². The number of rotatable bonds is 3. The van der Waals surface area contributed by atoms with E-state index in [-0.39, 0.29) is 5.75 Å². The summed E-state index contributed by atoms with van der Waals surface area (Å²) in [5, 5.41) is 12.6. The smallest absolute Gasteiger partial charge is 0.120 e. The summed E-state index contributed by atoms with van der Waals surface area (Å²) in [6, 6.07) is 13.3. The van der Waals surface area contributed by atoms with Crippen molar-refractivity contribution in [2.45, 2.75) is 13.5 Å². The lowest BCUT2D eigenvalue weighted by atomic mass is 10.1. The molecule has 0 saturated heterocycles. The molecule has 0 aliphatic carbocycles. The van der Waals surface area contributed by atoms with Crippen molar-refractivity contribution >= 4 is 21.4 Å². The normalized spacial score (nSPS) is 10.8. The van der Waals surface area contributed by atoms with Crippen LogP contribution in [0.5, 0.6) is 11.5 Å². The molecule has 3 heteroatoms. The maximum absolute atomic E-state index is 9.23. The van der Waals surface area contributed by atoms with Crippen molar-refractivity contribution in [3.63, 3.8) is 0 Å². The molecule has 2 aromatic carbocycles. The molecule has 0 spiro atoms. The Bertz CT molecular complexity index is 698. The van der Waals surface area contributed by atoms with Crippen LogP contribution in [0.1, 0.15) is 11.1 Å². The minimum atomic E-state index is 0.254. The topological polar surface area (TPSA) is 29.5 Å². The molecule has 0 amide bonds. The van der Waals surface area contributed by atoms with Gasteiger partial charge < -0.3 is 9.84 Å². The minimum Gasteiger partial charge on any atom is -0.508 e. The number of hydrogen-bond donors (Lipinski definition) is 1. The van der Waals surface area contributed by atoms with Gasteiger partial charge in [-0.3, -0.25) is 0 Å². The van der Waals surface area contributed by atoms with Crippen LogP contribution in [-0.4, -0.2) is 5.11 Å². The van der Waals surface area contributed by atoms with E-state index in [9.17, 15) is 5.11 Å². The van der Waals surface area contributed by atoms with Gasteiger partial charge in [0, 0.05) is 10.3 Å². The summed E-state index contributed by atoms with van der Waals surface area (Å²) >= 11 is 1.74. The van der Waals surface area contributed by atoms with E-state index in [1.807, 2.05) is 0 Å². The second kappa shape index (κ2) is 4.94. The molecular weight excluding hydrogens is 256 g/mol. The monoisotopic (exact) mass is 270 g/mol. The molecule has 0 fully saturated rings. The van der Waals surface area contributed by atoms with Crippen LogP contribution in [0.2, 0.25) is 0 Å². The van der Waals surface area contributed by atoms with Crippen LogP contribution >= 0.6 is 11.3 Å². The Hall–Kier alpha value is -2.00. The first kappa shape index (κ1) is 12.1. The molecule has 0 aliphatic heterocycles. The van der Waals surface area contributed by atoms with Crippen LogP contribution in [0.15, 0.2) is 47.8 Å². The third kappa shape index (κ3) is 2.56. The molecule has 96 valence electrons. The van der Waals surface area contributed by atoms with Gasteiger partial charge in [-0.1, -0.05) is 17.7 Å². The van der Waals surface area contributed by atoms with Crippen LogP contribution < -0.4 is 4.74 Å². The van der Waals surface area contributed by atoms with Crippen molar-refractivity contribution in [3.8, 4) is 11.5 Å². The number of phenols is 1. The van der Waals surface area contributed by atoms with Gasteiger partial charge in [0.05, 0.1) is 0 Å². The maximum atomic E-state index is 9.23. The van der Waals surface area contributed by atoms with Crippen molar-refractivity contribution in [3.05, 3.63) is 59.0 Å². The highest BCUT2D eigenvalue weighted by molar-refractivity contribution is 7.17. The second-order valence-corrected chi connectivity index (χ2v) is 5.45. The number of ether oxygens (including phenoxy) is 1. The molecule has 0 aliphatic rings. The Balaban J connectivity index is 1.81. The van der Waals surface area contributed by atoms with E-state index in [0.29, 0.717) is 6.61 Å². The first-order valence-corrected chi connectivity index (χ1v) is 6.99. The fraction of sp³-hybridized carbons (Fsp3) is 0.125. The lowest BCUT2D eigenvalue weighted by Gasteiger charge is -2.05. The van der Waals surface area contributed by atoms with Crippen molar-refractivity contribution in [2.24, 2.45) is 0 Å². The molecule has 2 nitrogen and oxygen atoms in total. The van der Waals surface area contributed by atoms with E-state index >= 15 is 0 Å². The van der Waals surface area contributed by atoms with Gasteiger partial charge in [-0.2, -0.15) is 0 Å². The van der Waals surface area contributed by atoms with Crippen molar-refractivity contribution in [2.75, 3.05) is 0 Å². The highest BCUT2D eigenvalue weighted by Crippen LogP contribution is 2.28. The average Bonchev–Trinajstić information content (AvgIpc) is 2.80. The summed E-state index contributed by atoms with van der Waals surface area (Å²) in [6.07, 6.45) is 0. The molecule has 0 bridgehead atoms. The highest BCUT2D eigenvalue weighted by atomic mass is 32.1. The van der Waals surface area contributed by atoms with Crippen LogP contribution in [-0.2, 0) is 6.61 Å². The summed E-state index contributed by atoms with van der Waals surface area (Å²) < 4.78 is 7.04. The molecule has 1 N–H and O–H groups in total. The molecule has 19 heavy (non-hydrogen) atoms. The standard InChI is InChI=1S/C16H14O2S/c1-11-2-7-16-15(8-11)12(10-19-16)9-18-14-5-3-13(17)4-6-14/h2-8,10,17H,9H2,1H3. The quantitative estimate of drug-likeness (QED) is 0.759. The van der Waals surface area contributed by atoms with Gasteiger partial charge in [-0.25, -0.2) is 0 Å². The molecule has 0 radical (unpaired) electrons. The molecule has 0 saturated carbocycles. The molecule has 3 aromatic rings. The van der Waals surface area contributed by atoms with E-state index in [0.717, 1.165) is 5.75 Å². The van der Waals surface area contributed by atoms with Gasteiger partial charge in [0.15, 0.2) is 0 Å². The van der Waals surface area contributed by atoms with Crippen molar-refractivity contribution < 1.29 is 9.84 Å². The van der Waals surface area contributed by atoms with E-state index in [1.165, 1.54) is 21.2 Å². The zero-order valence-electron chi connectivity index (χ0n) is 10.6. The lowest BCUT2D eigenvalue weighted by molar-refractivity contribution is 0.307. The van der Waals surface area contributed by atoms with Crippen LogP contribution in [0.25, 0.3) is 10.1 Å². The fourth-order valence-electron chi connectivity index (χ4n) is 2.01.